The summed E-state index contributed by atoms with van der Waals surface area (Å²) in [6, 6.07) is 16.0. The van der Waals surface area contributed by atoms with E-state index in [-0.39, 0.29) is 11.9 Å². The second-order valence-electron chi connectivity index (χ2n) is 7.32. The molecule has 30 heavy (non-hydrogen) atoms. The molecule has 0 bridgehead atoms. The van der Waals surface area contributed by atoms with E-state index in [4.69, 9.17) is 9.47 Å². The number of rotatable bonds is 4. The fourth-order valence-corrected chi connectivity index (χ4v) is 5.18. The van der Waals surface area contributed by atoms with Crippen LogP contribution in [0.4, 0.5) is 0 Å². The molecule has 1 aliphatic rings. The van der Waals surface area contributed by atoms with E-state index in [1.165, 1.54) is 5.56 Å². The van der Waals surface area contributed by atoms with Crippen LogP contribution in [0, 0.1) is 0 Å². The monoisotopic (exact) mass is 418 g/mol. The van der Waals surface area contributed by atoms with Crippen LogP contribution in [0.15, 0.2) is 60.1 Å². The molecule has 0 fully saturated rings. The van der Waals surface area contributed by atoms with Crippen molar-refractivity contribution < 1.29 is 14.3 Å². The summed E-state index contributed by atoms with van der Waals surface area (Å²) in [4.78, 5) is 20.1. The molecule has 6 heteroatoms. The molecule has 1 atom stereocenters. The summed E-state index contributed by atoms with van der Waals surface area (Å²) >= 11 is 1.66. The molecule has 1 amide bonds. The lowest BCUT2D eigenvalue weighted by Gasteiger charge is -2.37. The molecular weight excluding hydrogens is 396 g/mol. The summed E-state index contributed by atoms with van der Waals surface area (Å²) in [5, 5.41) is 3.00. The van der Waals surface area contributed by atoms with Gasteiger partial charge in [-0.2, -0.15) is 0 Å². The van der Waals surface area contributed by atoms with Crippen LogP contribution in [-0.2, 0) is 6.42 Å². The topological polar surface area (TPSA) is 54.6 Å². The van der Waals surface area contributed by atoms with Gasteiger partial charge in [0.25, 0.3) is 5.91 Å². The molecule has 0 radical (unpaired) electrons. The Hall–Kier alpha value is -3.25. The second kappa shape index (κ2) is 7.54. The highest BCUT2D eigenvalue weighted by atomic mass is 32.1. The molecule has 152 valence electrons. The van der Waals surface area contributed by atoms with Crippen molar-refractivity contribution >= 4 is 28.1 Å². The van der Waals surface area contributed by atoms with E-state index in [2.05, 4.69) is 16.4 Å². The first-order chi connectivity index (χ1) is 14.7. The molecule has 4 aromatic rings. The van der Waals surface area contributed by atoms with Gasteiger partial charge in [0, 0.05) is 28.5 Å². The van der Waals surface area contributed by atoms with Crippen LogP contribution < -0.4 is 9.47 Å². The Balaban J connectivity index is 1.63. The zero-order valence-corrected chi connectivity index (χ0v) is 17.7. The average Bonchev–Trinajstić information content (AvgIpc) is 3.47. The number of nitrogens with one attached hydrogen (secondary N) is 1. The summed E-state index contributed by atoms with van der Waals surface area (Å²) < 4.78 is 11.1. The van der Waals surface area contributed by atoms with Crippen LogP contribution in [0.3, 0.4) is 0 Å². The number of aromatic amines is 1. The summed E-state index contributed by atoms with van der Waals surface area (Å²) in [5.74, 6) is 1.43. The number of aromatic nitrogens is 1. The molecule has 2 aromatic carbocycles. The average molecular weight is 419 g/mol. The standard InChI is InChI=1S/C24H22N2O3S/c1-28-20-12-15-9-10-26(24(27)18-14-25-19-7-4-3-6-16(18)19)23(22-8-5-11-30-22)17(15)13-21(20)29-2/h3-8,11-14,23,25H,9-10H2,1-2H3/t23-/m0/s1. The lowest BCUT2D eigenvalue weighted by atomic mass is 9.90. The Morgan fingerprint density at radius 3 is 2.67 bits per heavy atom. The van der Waals surface area contributed by atoms with E-state index in [9.17, 15) is 4.79 Å². The summed E-state index contributed by atoms with van der Waals surface area (Å²) in [5.41, 5.74) is 3.96. The van der Waals surface area contributed by atoms with Gasteiger partial charge in [0.1, 0.15) is 0 Å². The van der Waals surface area contributed by atoms with Gasteiger partial charge in [-0.25, -0.2) is 0 Å². The van der Waals surface area contributed by atoms with E-state index in [0.717, 1.165) is 33.5 Å². The number of para-hydroxylation sites is 1. The highest BCUT2D eigenvalue weighted by Crippen LogP contribution is 2.43. The van der Waals surface area contributed by atoms with Gasteiger partial charge >= 0.3 is 0 Å². The van der Waals surface area contributed by atoms with Gasteiger partial charge in [-0.15, -0.1) is 11.3 Å². The number of ether oxygens (including phenoxy) is 2. The smallest absolute Gasteiger partial charge is 0.256 e. The Kier molecular flexibility index (Phi) is 4.71. The number of carbonyl (C=O) groups excluding carboxylic acids is 1. The molecule has 0 saturated carbocycles. The number of nitrogens with zero attached hydrogens (tertiary/aromatic N) is 1. The predicted molar refractivity (Wildman–Crippen MR) is 119 cm³/mol. The van der Waals surface area contributed by atoms with Crippen molar-refractivity contribution in [3.05, 3.63) is 81.7 Å². The Bertz CT molecular complexity index is 1210. The Labute approximate surface area is 178 Å². The zero-order chi connectivity index (χ0) is 20.7. The molecule has 0 aliphatic carbocycles. The highest BCUT2D eigenvalue weighted by molar-refractivity contribution is 7.10. The molecule has 0 unspecified atom stereocenters. The molecule has 0 saturated heterocycles. The van der Waals surface area contributed by atoms with E-state index in [1.807, 2.05) is 53.6 Å². The van der Waals surface area contributed by atoms with Crippen LogP contribution in [0.1, 0.15) is 32.4 Å². The van der Waals surface area contributed by atoms with Crippen molar-refractivity contribution in [3.8, 4) is 11.5 Å². The van der Waals surface area contributed by atoms with Gasteiger partial charge in [-0.05, 0) is 47.2 Å². The molecular formula is C24H22N2O3S. The van der Waals surface area contributed by atoms with Gasteiger partial charge in [-0.3, -0.25) is 4.79 Å². The number of fused-ring (bicyclic) bond motifs is 2. The number of thiophene rings is 1. The zero-order valence-electron chi connectivity index (χ0n) is 16.8. The number of hydrogen-bond donors (Lipinski definition) is 1. The van der Waals surface area contributed by atoms with Crippen LogP contribution in [0.25, 0.3) is 10.9 Å². The first kappa shape index (κ1) is 18.8. The summed E-state index contributed by atoms with van der Waals surface area (Å²) in [6.45, 7) is 0.642. The lowest BCUT2D eigenvalue weighted by Crippen LogP contribution is -2.40. The molecule has 5 rings (SSSR count). The minimum Gasteiger partial charge on any atom is -0.493 e. The molecule has 2 aromatic heterocycles. The lowest BCUT2D eigenvalue weighted by molar-refractivity contribution is 0.0699. The number of amides is 1. The first-order valence-corrected chi connectivity index (χ1v) is 10.7. The molecule has 3 heterocycles. The minimum absolute atomic E-state index is 0.0336. The van der Waals surface area contributed by atoms with Crippen LogP contribution in [0.2, 0.25) is 0 Å². The van der Waals surface area contributed by atoms with Crippen molar-refractivity contribution in [3.63, 3.8) is 0 Å². The van der Waals surface area contributed by atoms with E-state index < -0.39 is 0 Å². The van der Waals surface area contributed by atoms with Crippen molar-refractivity contribution in [2.45, 2.75) is 12.5 Å². The quantitative estimate of drug-likeness (QED) is 0.505. The van der Waals surface area contributed by atoms with E-state index >= 15 is 0 Å². The maximum atomic E-state index is 13.7. The summed E-state index contributed by atoms with van der Waals surface area (Å²) in [7, 11) is 3.29. The van der Waals surface area contributed by atoms with Gasteiger partial charge in [0.05, 0.1) is 25.8 Å². The minimum atomic E-state index is -0.158. The van der Waals surface area contributed by atoms with Crippen molar-refractivity contribution in [1.29, 1.82) is 0 Å². The third-order valence-corrected chi connectivity index (χ3v) is 6.69. The van der Waals surface area contributed by atoms with E-state index in [0.29, 0.717) is 17.9 Å². The van der Waals surface area contributed by atoms with Crippen LogP contribution >= 0.6 is 11.3 Å². The van der Waals surface area contributed by atoms with Gasteiger partial charge in [0.15, 0.2) is 11.5 Å². The van der Waals surface area contributed by atoms with Gasteiger partial charge in [0.2, 0.25) is 0 Å². The van der Waals surface area contributed by atoms with Gasteiger partial charge < -0.3 is 19.4 Å². The fourth-order valence-electron chi connectivity index (χ4n) is 4.32. The van der Waals surface area contributed by atoms with Crippen molar-refractivity contribution in [2.24, 2.45) is 0 Å². The normalized spacial score (nSPS) is 15.8. The first-order valence-electron chi connectivity index (χ1n) is 9.86. The number of methoxy groups -OCH3 is 2. The number of carbonyl (C=O) groups is 1. The molecule has 0 spiro atoms. The maximum absolute atomic E-state index is 13.7. The SMILES string of the molecule is COc1cc2c(cc1OC)[C@@H](c1cccs1)N(C(=O)c1c[nH]c3ccccc13)CC2. The second-order valence-corrected chi connectivity index (χ2v) is 8.30. The fraction of sp³-hybridized carbons (Fsp3) is 0.208. The third-order valence-electron chi connectivity index (χ3n) is 5.77. The number of H-pyrrole nitrogens is 1. The molecule has 1 aliphatic heterocycles. The van der Waals surface area contributed by atoms with Gasteiger partial charge in [-0.1, -0.05) is 24.3 Å². The maximum Gasteiger partial charge on any atom is 0.256 e. The van der Waals surface area contributed by atoms with Crippen LogP contribution in [-0.4, -0.2) is 36.6 Å². The number of benzene rings is 2. The molecule has 5 nitrogen and oxygen atoms in total. The largest absolute Gasteiger partial charge is 0.493 e. The van der Waals surface area contributed by atoms with Crippen molar-refractivity contribution in [1.82, 2.24) is 9.88 Å². The summed E-state index contributed by atoms with van der Waals surface area (Å²) in [6.07, 6.45) is 2.59. The Morgan fingerprint density at radius 2 is 1.90 bits per heavy atom. The third kappa shape index (κ3) is 2.95. The predicted octanol–water partition coefficient (Wildman–Crippen LogP) is 5.03. The molecule has 1 N–H and O–H groups in total. The van der Waals surface area contributed by atoms with Crippen LogP contribution in [0.5, 0.6) is 11.5 Å². The van der Waals surface area contributed by atoms with Crippen molar-refractivity contribution in [2.75, 3.05) is 20.8 Å². The Morgan fingerprint density at radius 1 is 1.10 bits per heavy atom. The number of hydrogen-bond acceptors (Lipinski definition) is 4. The highest BCUT2D eigenvalue weighted by Gasteiger charge is 2.35. The van der Waals surface area contributed by atoms with E-state index in [1.54, 1.807) is 25.6 Å².